The number of hydrogen-bond donors (Lipinski definition) is 1. The maximum atomic E-state index is 12.2. The number of rotatable bonds is 4. The molecule has 0 unspecified atom stereocenters. The highest BCUT2D eigenvalue weighted by molar-refractivity contribution is 7.98. The van der Waals surface area contributed by atoms with Gasteiger partial charge in [-0.05, 0) is 13.2 Å². The molecule has 1 N–H and O–H groups in total. The van der Waals surface area contributed by atoms with E-state index in [9.17, 15) is 4.79 Å². The van der Waals surface area contributed by atoms with E-state index in [4.69, 9.17) is 0 Å². The summed E-state index contributed by atoms with van der Waals surface area (Å²) < 4.78 is 0. The van der Waals surface area contributed by atoms with Crippen LogP contribution >= 0.6 is 11.8 Å². The predicted octanol–water partition coefficient (Wildman–Crippen LogP) is 0.839. The van der Waals surface area contributed by atoms with E-state index in [2.05, 4.69) is 21.1 Å². The fourth-order valence-corrected chi connectivity index (χ4v) is 2.56. The predicted molar refractivity (Wildman–Crippen MR) is 74.1 cm³/mol. The SMILES string of the molecule is CSCCN1CCN(C(=O)c2nc[nH]c2C)CC1. The lowest BCUT2D eigenvalue weighted by molar-refractivity contribution is 0.0638. The van der Waals surface area contributed by atoms with Gasteiger partial charge in [-0.25, -0.2) is 4.98 Å². The highest BCUT2D eigenvalue weighted by Crippen LogP contribution is 2.09. The van der Waals surface area contributed by atoms with Crippen LogP contribution in [0.15, 0.2) is 6.33 Å². The quantitative estimate of drug-likeness (QED) is 0.879. The van der Waals surface area contributed by atoms with Crippen molar-refractivity contribution in [1.82, 2.24) is 19.8 Å². The number of aromatic amines is 1. The van der Waals surface area contributed by atoms with E-state index in [1.54, 1.807) is 6.33 Å². The average Bonchev–Trinajstić information content (AvgIpc) is 2.82. The molecular weight excluding hydrogens is 248 g/mol. The first-order chi connectivity index (χ1) is 8.72. The van der Waals surface area contributed by atoms with Crippen molar-refractivity contribution in [3.63, 3.8) is 0 Å². The van der Waals surface area contributed by atoms with Crippen molar-refractivity contribution >= 4 is 17.7 Å². The van der Waals surface area contributed by atoms with E-state index in [-0.39, 0.29) is 5.91 Å². The molecule has 1 amide bonds. The summed E-state index contributed by atoms with van der Waals surface area (Å²) in [6, 6.07) is 0. The fraction of sp³-hybridized carbons (Fsp3) is 0.667. The lowest BCUT2D eigenvalue weighted by atomic mass is 10.2. The first kappa shape index (κ1) is 13.4. The zero-order chi connectivity index (χ0) is 13.0. The molecule has 100 valence electrons. The topological polar surface area (TPSA) is 52.2 Å². The minimum absolute atomic E-state index is 0.0540. The van der Waals surface area contributed by atoms with Crippen molar-refractivity contribution in [1.29, 1.82) is 0 Å². The van der Waals surface area contributed by atoms with Crippen LogP contribution in [0.25, 0.3) is 0 Å². The van der Waals surface area contributed by atoms with Gasteiger partial charge in [-0.2, -0.15) is 11.8 Å². The van der Waals surface area contributed by atoms with Crippen LogP contribution in [0.4, 0.5) is 0 Å². The van der Waals surface area contributed by atoms with Crippen molar-refractivity contribution in [2.45, 2.75) is 6.92 Å². The van der Waals surface area contributed by atoms with Crippen LogP contribution in [-0.2, 0) is 0 Å². The Kier molecular flexibility index (Phi) is 4.66. The van der Waals surface area contributed by atoms with Gasteiger partial charge in [-0.1, -0.05) is 0 Å². The Hall–Kier alpha value is -1.01. The van der Waals surface area contributed by atoms with Crippen LogP contribution in [-0.4, -0.2) is 70.4 Å². The van der Waals surface area contributed by atoms with Gasteiger partial charge >= 0.3 is 0 Å². The second-order valence-electron chi connectivity index (χ2n) is 4.50. The number of nitrogens with one attached hydrogen (secondary N) is 1. The number of aromatic nitrogens is 2. The molecule has 1 aromatic heterocycles. The van der Waals surface area contributed by atoms with Crippen LogP contribution in [0.5, 0.6) is 0 Å². The first-order valence-corrected chi connectivity index (χ1v) is 7.62. The Morgan fingerprint density at radius 3 is 2.72 bits per heavy atom. The summed E-state index contributed by atoms with van der Waals surface area (Å²) in [4.78, 5) is 23.6. The lowest BCUT2D eigenvalue weighted by Crippen LogP contribution is -2.49. The van der Waals surface area contributed by atoms with Gasteiger partial charge in [-0.15, -0.1) is 0 Å². The number of imidazole rings is 1. The molecule has 1 fully saturated rings. The zero-order valence-electron chi connectivity index (χ0n) is 11.0. The molecule has 1 saturated heterocycles. The second kappa shape index (κ2) is 6.24. The number of piperazine rings is 1. The molecule has 0 spiro atoms. The summed E-state index contributed by atoms with van der Waals surface area (Å²) in [6.07, 6.45) is 3.71. The highest BCUT2D eigenvalue weighted by atomic mass is 32.2. The number of hydrogen-bond acceptors (Lipinski definition) is 4. The summed E-state index contributed by atoms with van der Waals surface area (Å²) in [6.45, 7) is 6.55. The minimum atomic E-state index is 0.0540. The van der Waals surface area contributed by atoms with Gasteiger partial charge < -0.3 is 9.88 Å². The zero-order valence-corrected chi connectivity index (χ0v) is 11.8. The van der Waals surface area contributed by atoms with Gasteiger partial charge in [-0.3, -0.25) is 9.69 Å². The molecule has 1 aliphatic heterocycles. The van der Waals surface area contributed by atoms with Gasteiger partial charge in [0.25, 0.3) is 5.91 Å². The molecule has 0 aliphatic carbocycles. The third kappa shape index (κ3) is 3.05. The fourth-order valence-electron chi connectivity index (χ4n) is 2.12. The van der Waals surface area contributed by atoms with Crippen molar-refractivity contribution in [2.24, 2.45) is 0 Å². The number of nitrogens with zero attached hydrogens (tertiary/aromatic N) is 3. The van der Waals surface area contributed by atoms with E-state index >= 15 is 0 Å². The molecule has 1 aliphatic rings. The standard InChI is InChI=1S/C12H20N4OS/c1-10-11(14-9-13-10)12(17)16-5-3-15(4-6-16)7-8-18-2/h9H,3-8H2,1-2H3,(H,13,14). The van der Waals surface area contributed by atoms with Crippen LogP contribution in [0.3, 0.4) is 0 Å². The van der Waals surface area contributed by atoms with Gasteiger partial charge in [0.15, 0.2) is 0 Å². The summed E-state index contributed by atoms with van der Waals surface area (Å²) in [5, 5.41) is 0. The van der Waals surface area contributed by atoms with E-state index in [0.29, 0.717) is 5.69 Å². The summed E-state index contributed by atoms with van der Waals surface area (Å²) in [5.74, 6) is 1.21. The Bertz CT molecular complexity index is 399. The van der Waals surface area contributed by atoms with Gasteiger partial charge in [0.05, 0.1) is 6.33 Å². The highest BCUT2D eigenvalue weighted by Gasteiger charge is 2.24. The summed E-state index contributed by atoms with van der Waals surface area (Å²) >= 11 is 1.87. The van der Waals surface area contributed by atoms with E-state index in [1.807, 2.05) is 23.6 Å². The minimum Gasteiger partial charge on any atom is -0.348 e. The lowest BCUT2D eigenvalue weighted by Gasteiger charge is -2.34. The molecule has 1 aromatic rings. The van der Waals surface area contributed by atoms with Gasteiger partial charge in [0.1, 0.15) is 5.69 Å². The Morgan fingerprint density at radius 2 is 2.17 bits per heavy atom. The van der Waals surface area contributed by atoms with Crippen LogP contribution in [0.2, 0.25) is 0 Å². The van der Waals surface area contributed by atoms with Crippen molar-refractivity contribution < 1.29 is 4.79 Å². The molecule has 2 rings (SSSR count). The van der Waals surface area contributed by atoms with E-state index in [0.717, 1.165) is 44.2 Å². The Morgan fingerprint density at radius 1 is 1.44 bits per heavy atom. The number of H-pyrrole nitrogens is 1. The molecule has 0 aromatic carbocycles. The van der Waals surface area contributed by atoms with E-state index in [1.165, 1.54) is 0 Å². The van der Waals surface area contributed by atoms with Crippen LogP contribution in [0, 0.1) is 6.92 Å². The van der Waals surface area contributed by atoms with E-state index < -0.39 is 0 Å². The number of aryl methyl sites for hydroxylation is 1. The second-order valence-corrected chi connectivity index (χ2v) is 5.49. The molecular formula is C12H20N4OS. The molecule has 0 radical (unpaired) electrons. The van der Waals surface area contributed by atoms with Gasteiger partial charge in [0.2, 0.25) is 0 Å². The smallest absolute Gasteiger partial charge is 0.274 e. The number of amides is 1. The number of thioether (sulfide) groups is 1. The van der Waals surface area contributed by atoms with Crippen molar-refractivity contribution in [2.75, 3.05) is 44.7 Å². The van der Waals surface area contributed by atoms with Crippen molar-refractivity contribution in [3.05, 3.63) is 17.7 Å². The summed E-state index contributed by atoms with van der Waals surface area (Å²) in [7, 11) is 0. The molecule has 0 saturated carbocycles. The molecule has 0 bridgehead atoms. The van der Waals surface area contributed by atoms with Crippen LogP contribution < -0.4 is 0 Å². The molecule has 18 heavy (non-hydrogen) atoms. The van der Waals surface area contributed by atoms with Gasteiger partial charge in [0, 0.05) is 44.2 Å². The Balaban J connectivity index is 1.86. The Labute approximate surface area is 112 Å². The average molecular weight is 268 g/mol. The third-order valence-corrected chi connectivity index (χ3v) is 3.89. The first-order valence-electron chi connectivity index (χ1n) is 6.23. The normalized spacial score (nSPS) is 17.1. The molecule has 6 heteroatoms. The van der Waals surface area contributed by atoms with Crippen molar-refractivity contribution in [3.8, 4) is 0 Å². The summed E-state index contributed by atoms with van der Waals surface area (Å²) in [5.41, 5.74) is 1.41. The molecule has 0 atom stereocenters. The number of carbonyl (C=O) groups excluding carboxylic acids is 1. The monoisotopic (exact) mass is 268 g/mol. The molecule has 5 nitrogen and oxygen atoms in total. The molecule has 2 heterocycles. The maximum Gasteiger partial charge on any atom is 0.274 e. The largest absolute Gasteiger partial charge is 0.348 e. The third-order valence-electron chi connectivity index (χ3n) is 3.30. The van der Waals surface area contributed by atoms with Crippen LogP contribution in [0.1, 0.15) is 16.2 Å². The maximum absolute atomic E-state index is 12.2. The number of carbonyl (C=O) groups is 1.